The van der Waals surface area contributed by atoms with Crippen LogP contribution in [0.3, 0.4) is 0 Å². The summed E-state index contributed by atoms with van der Waals surface area (Å²) in [6, 6.07) is 0. The van der Waals surface area contributed by atoms with E-state index in [1.165, 1.54) is 25.1 Å². The van der Waals surface area contributed by atoms with E-state index < -0.39 is 0 Å². The fourth-order valence-corrected chi connectivity index (χ4v) is 2.03. The van der Waals surface area contributed by atoms with Crippen molar-refractivity contribution < 1.29 is 5.11 Å². The van der Waals surface area contributed by atoms with Gasteiger partial charge in [-0.25, -0.2) is 0 Å². The summed E-state index contributed by atoms with van der Waals surface area (Å²) in [5, 5.41) is 9.19. The molecule has 0 saturated heterocycles. The van der Waals surface area contributed by atoms with Gasteiger partial charge in [0, 0.05) is 30.9 Å². The summed E-state index contributed by atoms with van der Waals surface area (Å²) in [5.74, 6) is 1.20. The van der Waals surface area contributed by atoms with Crippen LogP contribution in [0.15, 0.2) is 0 Å². The first-order valence-corrected chi connectivity index (χ1v) is 6.48. The minimum absolute atomic E-state index is 0.286. The second-order valence-electron chi connectivity index (χ2n) is 4.02. The molecule has 0 aromatic rings. The van der Waals surface area contributed by atoms with Crippen LogP contribution in [0.5, 0.6) is 0 Å². The van der Waals surface area contributed by atoms with Crippen LogP contribution in [-0.2, 0) is 0 Å². The van der Waals surface area contributed by atoms with Gasteiger partial charge >= 0.3 is 0 Å². The van der Waals surface area contributed by atoms with Crippen LogP contribution in [0.1, 0.15) is 19.8 Å². The lowest BCUT2D eigenvalue weighted by molar-refractivity contribution is 0.156. The van der Waals surface area contributed by atoms with E-state index in [4.69, 9.17) is 0 Å². The van der Waals surface area contributed by atoms with Crippen LogP contribution >= 0.6 is 11.8 Å². The Morgan fingerprint density at radius 1 is 1.46 bits per heavy atom. The number of nitrogens with zero attached hydrogens (tertiary/aromatic N) is 1. The maximum Gasteiger partial charge on any atom is 0.0499 e. The van der Waals surface area contributed by atoms with E-state index in [0.717, 1.165) is 13.1 Å². The molecule has 0 aromatic carbocycles. The maximum atomic E-state index is 9.19. The monoisotopic (exact) mass is 203 g/mol. The van der Waals surface area contributed by atoms with Gasteiger partial charge in [0.15, 0.2) is 0 Å². The van der Waals surface area contributed by atoms with Gasteiger partial charge in [-0.1, -0.05) is 6.92 Å². The topological polar surface area (TPSA) is 23.5 Å². The SMILES string of the molecule is CCN(CCSC)CC1(CO)CC1. The summed E-state index contributed by atoms with van der Waals surface area (Å²) in [7, 11) is 0. The maximum absolute atomic E-state index is 9.19. The molecule has 0 bridgehead atoms. The van der Waals surface area contributed by atoms with Crippen LogP contribution in [0.25, 0.3) is 0 Å². The second kappa shape index (κ2) is 5.23. The summed E-state index contributed by atoms with van der Waals surface area (Å²) in [5.41, 5.74) is 0.286. The number of thioether (sulfide) groups is 1. The van der Waals surface area contributed by atoms with Crippen molar-refractivity contribution in [2.24, 2.45) is 5.41 Å². The zero-order chi connectivity index (χ0) is 9.73. The summed E-state index contributed by atoms with van der Waals surface area (Å²) in [6.45, 7) is 5.96. The van der Waals surface area contributed by atoms with E-state index in [2.05, 4.69) is 18.1 Å². The fourth-order valence-electron chi connectivity index (χ4n) is 1.59. The Labute approximate surface area is 85.7 Å². The molecule has 1 aliphatic rings. The summed E-state index contributed by atoms with van der Waals surface area (Å²) < 4.78 is 0. The van der Waals surface area contributed by atoms with Crippen molar-refractivity contribution in [2.75, 3.05) is 38.2 Å². The first-order chi connectivity index (χ1) is 6.26. The third kappa shape index (κ3) is 3.49. The van der Waals surface area contributed by atoms with E-state index >= 15 is 0 Å². The molecular weight excluding hydrogens is 182 g/mol. The molecule has 13 heavy (non-hydrogen) atoms. The van der Waals surface area contributed by atoms with Gasteiger partial charge in [0.1, 0.15) is 0 Å². The highest BCUT2D eigenvalue weighted by molar-refractivity contribution is 7.98. The molecule has 78 valence electrons. The molecule has 1 aliphatic carbocycles. The molecule has 3 heteroatoms. The van der Waals surface area contributed by atoms with E-state index in [0.29, 0.717) is 6.61 Å². The van der Waals surface area contributed by atoms with Crippen molar-refractivity contribution >= 4 is 11.8 Å². The highest BCUT2D eigenvalue weighted by Crippen LogP contribution is 2.45. The first-order valence-electron chi connectivity index (χ1n) is 5.08. The molecule has 0 radical (unpaired) electrons. The Morgan fingerprint density at radius 2 is 2.15 bits per heavy atom. The average molecular weight is 203 g/mol. The lowest BCUT2D eigenvalue weighted by Crippen LogP contribution is -2.33. The van der Waals surface area contributed by atoms with Crippen LogP contribution in [0, 0.1) is 5.41 Å². The molecule has 1 saturated carbocycles. The van der Waals surface area contributed by atoms with Gasteiger partial charge in [-0.2, -0.15) is 11.8 Å². The van der Waals surface area contributed by atoms with Gasteiger partial charge in [0.2, 0.25) is 0 Å². The molecule has 1 fully saturated rings. The van der Waals surface area contributed by atoms with Crippen molar-refractivity contribution in [2.45, 2.75) is 19.8 Å². The molecule has 2 nitrogen and oxygen atoms in total. The lowest BCUT2D eigenvalue weighted by Gasteiger charge is -2.24. The predicted octanol–water partition coefficient (Wildman–Crippen LogP) is 1.44. The third-order valence-electron chi connectivity index (χ3n) is 2.91. The zero-order valence-electron chi connectivity index (χ0n) is 8.75. The van der Waals surface area contributed by atoms with Gasteiger partial charge in [0.25, 0.3) is 0 Å². The number of rotatable bonds is 7. The zero-order valence-corrected chi connectivity index (χ0v) is 9.57. The smallest absolute Gasteiger partial charge is 0.0499 e. The van der Waals surface area contributed by atoms with E-state index in [1.54, 1.807) is 0 Å². The summed E-state index contributed by atoms with van der Waals surface area (Å²) >= 11 is 1.90. The van der Waals surface area contributed by atoms with Crippen molar-refractivity contribution in [3.05, 3.63) is 0 Å². The van der Waals surface area contributed by atoms with Crippen molar-refractivity contribution in [3.63, 3.8) is 0 Å². The van der Waals surface area contributed by atoms with Gasteiger partial charge < -0.3 is 10.0 Å². The Kier molecular flexibility index (Phi) is 4.56. The molecule has 1 N–H and O–H groups in total. The van der Waals surface area contributed by atoms with Crippen LogP contribution < -0.4 is 0 Å². The molecule has 0 aliphatic heterocycles. The normalized spacial score (nSPS) is 19.4. The molecule has 0 spiro atoms. The Bertz CT molecular complexity index is 148. The van der Waals surface area contributed by atoms with Gasteiger partial charge in [-0.05, 0) is 25.6 Å². The fraction of sp³-hybridized carbons (Fsp3) is 1.00. The molecule has 0 aromatic heterocycles. The summed E-state index contributed by atoms with van der Waals surface area (Å²) in [4.78, 5) is 2.46. The number of hydrogen-bond acceptors (Lipinski definition) is 3. The van der Waals surface area contributed by atoms with Crippen LogP contribution in [0.2, 0.25) is 0 Å². The Hall–Kier alpha value is 0.270. The molecule has 0 heterocycles. The lowest BCUT2D eigenvalue weighted by atomic mass is 10.1. The first kappa shape index (κ1) is 11.3. The van der Waals surface area contributed by atoms with Crippen molar-refractivity contribution in [3.8, 4) is 0 Å². The number of hydrogen-bond donors (Lipinski definition) is 1. The third-order valence-corrected chi connectivity index (χ3v) is 3.50. The minimum Gasteiger partial charge on any atom is -0.396 e. The summed E-state index contributed by atoms with van der Waals surface area (Å²) in [6.07, 6.45) is 4.59. The Morgan fingerprint density at radius 3 is 2.54 bits per heavy atom. The van der Waals surface area contributed by atoms with Crippen LogP contribution in [-0.4, -0.2) is 48.3 Å². The van der Waals surface area contributed by atoms with Gasteiger partial charge in [-0.15, -0.1) is 0 Å². The van der Waals surface area contributed by atoms with E-state index in [-0.39, 0.29) is 5.41 Å². The van der Waals surface area contributed by atoms with Gasteiger partial charge in [0.05, 0.1) is 0 Å². The minimum atomic E-state index is 0.286. The van der Waals surface area contributed by atoms with Gasteiger partial charge in [-0.3, -0.25) is 0 Å². The van der Waals surface area contributed by atoms with Crippen LogP contribution in [0.4, 0.5) is 0 Å². The number of aliphatic hydroxyl groups is 1. The average Bonchev–Trinajstić information content (AvgIpc) is 2.93. The van der Waals surface area contributed by atoms with E-state index in [9.17, 15) is 5.11 Å². The standard InChI is InChI=1S/C10H21NOS/c1-3-11(6-7-13-2)8-10(9-12)4-5-10/h12H,3-9H2,1-2H3. The molecule has 0 atom stereocenters. The number of aliphatic hydroxyl groups excluding tert-OH is 1. The quantitative estimate of drug-likeness (QED) is 0.677. The van der Waals surface area contributed by atoms with Crippen molar-refractivity contribution in [1.82, 2.24) is 4.90 Å². The van der Waals surface area contributed by atoms with E-state index in [1.807, 2.05) is 11.8 Å². The highest BCUT2D eigenvalue weighted by atomic mass is 32.2. The molecular formula is C10H21NOS. The highest BCUT2D eigenvalue weighted by Gasteiger charge is 2.42. The largest absolute Gasteiger partial charge is 0.396 e. The molecule has 0 unspecified atom stereocenters. The molecule has 1 rings (SSSR count). The molecule has 0 amide bonds. The van der Waals surface area contributed by atoms with Crippen molar-refractivity contribution in [1.29, 1.82) is 0 Å². The second-order valence-corrected chi connectivity index (χ2v) is 5.01. The predicted molar refractivity (Wildman–Crippen MR) is 59.2 cm³/mol. The Balaban J connectivity index is 2.22.